The zero-order chi connectivity index (χ0) is 15.5. The second kappa shape index (κ2) is 6.87. The second-order valence-corrected chi connectivity index (χ2v) is 8.66. The Labute approximate surface area is 132 Å². The van der Waals surface area contributed by atoms with Gasteiger partial charge in [0.2, 0.25) is 0 Å². The van der Waals surface area contributed by atoms with Crippen molar-refractivity contribution in [2.45, 2.75) is 51.0 Å². The number of rotatable bonds is 4. The lowest BCUT2D eigenvalue weighted by Gasteiger charge is -2.28. The summed E-state index contributed by atoms with van der Waals surface area (Å²) in [6.07, 6.45) is 3.30. The van der Waals surface area contributed by atoms with Gasteiger partial charge in [-0.15, -0.1) is 11.3 Å². The molecule has 1 amide bonds. The smallest absolute Gasteiger partial charge is 0.410 e. The topological polar surface area (TPSA) is 59.5 Å². The number of hydrogen-bond acceptors (Lipinski definition) is 5. The summed E-state index contributed by atoms with van der Waals surface area (Å²) in [6.45, 7) is 6.27. The van der Waals surface area contributed by atoms with Crippen molar-refractivity contribution in [3.63, 3.8) is 0 Å². The number of thiazole rings is 1. The van der Waals surface area contributed by atoms with E-state index in [9.17, 15) is 9.00 Å². The number of carbonyl (C=O) groups excluding carboxylic acids is 1. The van der Waals surface area contributed by atoms with Gasteiger partial charge in [-0.3, -0.25) is 9.19 Å². The normalized spacial score (nSPS) is 20.5. The van der Waals surface area contributed by atoms with E-state index >= 15 is 0 Å². The molecule has 0 aromatic carbocycles. The summed E-state index contributed by atoms with van der Waals surface area (Å²) in [7, 11) is -0.979. The fourth-order valence-corrected chi connectivity index (χ4v) is 4.65. The van der Waals surface area contributed by atoms with Gasteiger partial charge in [0, 0.05) is 40.2 Å². The van der Waals surface area contributed by atoms with Crippen molar-refractivity contribution < 1.29 is 13.7 Å². The molecule has 1 aromatic rings. The quantitative estimate of drug-likeness (QED) is 0.852. The summed E-state index contributed by atoms with van der Waals surface area (Å²) in [5, 5.41) is 0. The van der Waals surface area contributed by atoms with E-state index in [-0.39, 0.29) is 12.1 Å². The van der Waals surface area contributed by atoms with Gasteiger partial charge in [-0.05, 0) is 33.6 Å². The zero-order valence-electron chi connectivity index (χ0n) is 12.7. The monoisotopic (exact) mass is 330 g/mol. The average molecular weight is 330 g/mol. The van der Waals surface area contributed by atoms with E-state index in [4.69, 9.17) is 4.74 Å². The third kappa shape index (κ3) is 5.07. The SMILES string of the molecule is CC(C)(C)OC(=O)N1CCCC1CS(=O)Cc1cncs1. The van der Waals surface area contributed by atoms with Crippen molar-refractivity contribution >= 4 is 28.2 Å². The summed E-state index contributed by atoms with van der Waals surface area (Å²) >= 11 is 1.51. The Morgan fingerprint density at radius 2 is 2.33 bits per heavy atom. The largest absolute Gasteiger partial charge is 0.444 e. The van der Waals surface area contributed by atoms with Crippen LogP contribution in [0.1, 0.15) is 38.5 Å². The first-order valence-corrected chi connectivity index (χ1v) is 9.44. The minimum absolute atomic E-state index is 0.0219. The summed E-state index contributed by atoms with van der Waals surface area (Å²) in [4.78, 5) is 18.9. The van der Waals surface area contributed by atoms with Crippen LogP contribution in [0.15, 0.2) is 11.7 Å². The molecule has 118 valence electrons. The Balaban J connectivity index is 1.89. The van der Waals surface area contributed by atoms with Crippen LogP contribution in [-0.2, 0) is 21.3 Å². The molecule has 2 rings (SSSR count). The summed E-state index contributed by atoms with van der Waals surface area (Å²) in [5.74, 6) is 1.03. The molecule has 1 aliphatic heterocycles. The zero-order valence-corrected chi connectivity index (χ0v) is 14.3. The molecule has 0 aliphatic carbocycles. The van der Waals surface area contributed by atoms with Gasteiger partial charge < -0.3 is 9.64 Å². The van der Waals surface area contributed by atoms with Crippen LogP contribution in [0.4, 0.5) is 4.79 Å². The van der Waals surface area contributed by atoms with Gasteiger partial charge in [-0.2, -0.15) is 0 Å². The minimum Gasteiger partial charge on any atom is -0.444 e. The first kappa shape index (κ1) is 16.4. The van der Waals surface area contributed by atoms with E-state index < -0.39 is 16.4 Å². The molecule has 2 heterocycles. The van der Waals surface area contributed by atoms with Crippen LogP contribution >= 0.6 is 11.3 Å². The molecule has 1 aliphatic rings. The van der Waals surface area contributed by atoms with Crippen molar-refractivity contribution in [2.75, 3.05) is 12.3 Å². The number of nitrogens with zero attached hydrogens (tertiary/aromatic N) is 2. The fourth-order valence-electron chi connectivity index (χ4n) is 2.32. The fraction of sp³-hybridized carbons (Fsp3) is 0.714. The van der Waals surface area contributed by atoms with Gasteiger partial charge in [0.25, 0.3) is 0 Å². The van der Waals surface area contributed by atoms with Gasteiger partial charge >= 0.3 is 6.09 Å². The Morgan fingerprint density at radius 1 is 1.57 bits per heavy atom. The van der Waals surface area contributed by atoms with Crippen molar-refractivity contribution in [2.24, 2.45) is 0 Å². The highest BCUT2D eigenvalue weighted by atomic mass is 32.2. The number of hydrogen-bond donors (Lipinski definition) is 0. The molecule has 1 saturated heterocycles. The van der Waals surface area contributed by atoms with Gasteiger partial charge in [0.15, 0.2) is 0 Å². The van der Waals surface area contributed by atoms with E-state index in [2.05, 4.69) is 4.98 Å². The predicted molar refractivity (Wildman–Crippen MR) is 84.8 cm³/mol. The molecule has 2 atom stereocenters. The molecule has 0 saturated carbocycles. The third-order valence-corrected chi connectivity index (χ3v) is 5.52. The maximum atomic E-state index is 12.2. The van der Waals surface area contributed by atoms with Crippen molar-refractivity contribution in [3.8, 4) is 0 Å². The molecule has 0 bridgehead atoms. The third-order valence-electron chi connectivity index (χ3n) is 3.17. The number of likely N-dealkylation sites (tertiary alicyclic amines) is 1. The maximum Gasteiger partial charge on any atom is 0.410 e. The molecule has 7 heteroatoms. The summed E-state index contributed by atoms with van der Waals surface area (Å²) in [6, 6.07) is 0.0219. The molecule has 2 unspecified atom stereocenters. The Kier molecular flexibility index (Phi) is 5.37. The van der Waals surface area contributed by atoms with Crippen molar-refractivity contribution in [1.29, 1.82) is 0 Å². The Bertz CT molecular complexity index is 497. The van der Waals surface area contributed by atoms with Crippen LogP contribution in [-0.4, -0.2) is 44.1 Å². The van der Waals surface area contributed by atoms with E-state index in [1.807, 2.05) is 20.8 Å². The first-order valence-electron chi connectivity index (χ1n) is 7.07. The number of ether oxygens (including phenoxy) is 1. The molecule has 1 fully saturated rings. The minimum atomic E-state index is -0.979. The lowest BCUT2D eigenvalue weighted by atomic mass is 10.2. The maximum absolute atomic E-state index is 12.2. The van der Waals surface area contributed by atoms with Crippen LogP contribution in [0.5, 0.6) is 0 Å². The molecule has 0 radical (unpaired) electrons. The van der Waals surface area contributed by atoms with Crippen molar-refractivity contribution in [1.82, 2.24) is 9.88 Å². The van der Waals surface area contributed by atoms with Crippen LogP contribution in [0, 0.1) is 0 Å². The van der Waals surface area contributed by atoms with E-state index in [1.54, 1.807) is 16.6 Å². The standard InChI is InChI=1S/C14H22N2O3S2/c1-14(2,3)19-13(17)16-6-4-5-11(16)8-21(18)9-12-7-15-10-20-12/h7,10-11H,4-6,8-9H2,1-3H3. The van der Waals surface area contributed by atoms with E-state index in [0.717, 1.165) is 17.7 Å². The van der Waals surface area contributed by atoms with Crippen LogP contribution in [0.25, 0.3) is 0 Å². The first-order chi connectivity index (χ1) is 9.85. The molecule has 21 heavy (non-hydrogen) atoms. The van der Waals surface area contributed by atoms with Crippen LogP contribution in [0.3, 0.4) is 0 Å². The lowest BCUT2D eigenvalue weighted by Crippen LogP contribution is -2.42. The van der Waals surface area contributed by atoms with Crippen molar-refractivity contribution in [3.05, 3.63) is 16.6 Å². The highest BCUT2D eigenvalue weighted by Crippen LogP contribution is 2.22. The predicted octanol–water partition coefficient (Wildman–Crippen LogP) is 2.79. The number of amides is 1. The molecule has 5 nitrogen and oxygen atoms in total. The summed E-state index contributed by atoms with van der Waals surface area (Å²) in [5.41, 5.74) is 1.25. The number of carbonyl (C=O) groups is 1. The molecule has 0 spiro atoms. The second-order valence-electron chi connectivity index (χ2n) is 6.19. The van der Waals surface area contributed by atoms with Gasteiger partial charge in [0.05, 0.1) is 11.3 Å². The highest BCUT2D eigenvalue weighted by molar-refractivity contribution is 7.84. The number of aromatic nitrogens is 1. The van der Waals surface area contributed by atoms with Crippen LogP contribution in [0.2, 0.25) is 0 Å². The molecule has 0 N–H and O–H groups in total. The van der Waals surface area contributed by atoms with Gasteiger partial charge in [-0.25, -0.2) is 4.79 Å². The molecular weight excluding hydrogens is 308 g/mol. The molecule has 1 aromatic heterocycles. The Morgan fingerprint density at radius 3 is 2.95 bits per heavy atom. The van der Waals surface area contributed by atoms with Gasteiger partial charge in [0.1, 0.15) is 5.60 Å². The van der Waals surface area contributed by atoms with E-state index in [1.165, 1.54) is 11.3 Å². The lowest BCUT2D eigenvalue weighted by molar-refractivity contribution is 0.0241. The highest BCUT2D eigenvalue weighted by Gasteiger charge is 2.33. The van der Waals surface area contributed by atoms with Gasteiger partial charge in [-0.1, -0.05) is 0 Å². The van der Waals surface area contributed by atoms with E-state index in [0.29, 0.717) is 18.1 Å². The molecular formula is C14H22N2O3S2. The summed E-state index contributed by atoms with van der Waals surface area (Å²) < 4.78 is 17.7. The average Bonchev–Trinajstić information content (AvgIpc) is 2.97. The Hall–Kier alpha value is -0.950. The van der Waals surface area contributed by atoms with Crippen LogP contribution < -0.4 is 0 Å².